The minimum absolute atomic E-state index is 0.222. The van der Waals surface area contributed by atoms with Crippen LogP contribution in [0.25, 0.3) is 0 Å². The molecule has 0 bridgehead atoms. The van der Waals surface area contributed by atoms with E-state index in [4.69, 9.17) is 24.7 Å². The van der Waals surface area contributed by atoms with E-state index < -0.39 is 0 Å². The van der Waals surface area contributed by atoms with Gasteiger partial charge in [-0.05, 0) is 44.5 Å². The van der Waals surface area contributed by atoms with Gasteiger partial charge in [-0.3, -0.25) is 0 Å². The number of benzene rings is 1. The van der Waals surface area contributed by atoms with E-state index in [1.807, 2.05) is 26.0 Å². The highest BCUT2D eigenvalue weighted by molar-refractivity contribution is 5.54. The molecule has 0 unspecified atom stereocenters. The molecule has 1 rings (SSSR count). The van der Waals surface area contributed by atoms with Gasteiger partial charge in [-0.2, -0.15) is 0 Å². The minimum Gasteiger partial charge on any atom is -0.493 e. The number of hydrogen-bond acceptors (Lipinski definition) is 5. The zero-order valence-corrected chi connectivity index (χ0v) is 13.7. The second-order valence-corrected chi connectivity index (χ2v) is 5.43. The van der Waals surface area contributed by atoms with Crippen molar-refractivity contribution in [1.29, 1.82) is 0 Å². The van der Waals surface area contributed by atoms with Crippen LogP contribution < -0.4 is 19.9 Å². The van der Waals surface area contributed by atoms with Gasteiger partial charge in [-0.25, -0.2) is 0 Å². The van der Waals surface area contributed by atoms with E-state index in [1.165, 1.54) is 0 Å². The quantitative estimate of drug-likeness (QED) is 0.758. The Morgan fingerprint density at radius 3 is 2.05 bits per heavy atom. The first-order valence-electron chi connectivity index (χ1n) is 7.10. The molecule has 120 valence electrons. The number of rotatable bonds is 9. The third-order valence-corrected chi connectivity index (χ3v) is 3.46. The Hall–Kier alpha value is -1.46. The molecule has 1 aromatic carbocycles. The summed E-state index contributed by atoms with van der Waals surface area (Å²) < 4.78 is 22.1. The average molecular weight is 297 g/mol. The second-order valence-electron chi connectivity index (χ2n) is 5.43. The van der Waals surface area contributed by atoms with Crippen molar-refractivity contribution in [2.45, 2.75) is 32.3 Å². The Labute approximate surface area is 127 Å². The lowest BCUT2D eigenvalue weighted by Gasteiger charge is -2.23. The molecule has 0 aliphatic carbocycles. The number of hydrogen-bond donors (Lipinski definition) is 1. The molecular weight excluding hydrogens is 270 g/mol. The fraction of sp³-hybridized carbons (Fsp3) is 0.625. The zero-order valence-electron chi connectivity index (χ0n) is 13.7. The molecule has 0 aliphatic rings. The smallest absolute Gasteiger partial charge is 0.203 e. The van der Waals surface area contributed by atoms with Crippen LogP contribution in [0.15, 0.2) is 12.1 Å². The van der Waals surface area contributed by atoms with Crippen molar-refractivity contribution >= 4 is 0 Å². The van der Waals surface area contributed by atoms with Gasteiger partial charge in [0.15, 0.2) is 11.5 Å². The van der Waals surface area contributed by atoms with Crippen molar-refractivity contribution in [2.75, 3.05) is 34.5 Å². The van der Waals surface area contributed by atoms with Gasteiger partial charge >= 0.3 is 0 Å². The molecule has 5 heteroatoms. The molecule has 5 nitrogen and oxygen atoms in total. The molecule has 0 aromatic heterocycles. The van der Waals surface area contributed by atoms with Crippen molar-refractivity contribution < 1.29 is 18.9 Å². The van der Waals surface area contributed by atoms with Gasteiger partial charge < -0.3 is 24.7 Å². The third-order valence-electron chi connectivity index (χ3n) is 3.46. The van der Waals surface area contributed by atoms with E-state index in [2.05, 4.69) is 0 Å². The lowest BCUT2D eigenvalue weighted by molar-refractivity contribution is 0.00503. The SMILES string of the molecule is COc1cc(CCN)cc(OC)c1OCCC(C)(C)OC. The average Bonchev–Trinajstić information content (AvgIpc) is 2.48. The predicted molar refractivity (Wildman–Crippen MR) is 83.5 cm³/mol. The molecule has 21 heavy (non-hydrogen) atoms. The summed E-state index contributed by atoms with van der Waals surface area (Å²) in [4.78, 5) is 0. The predicted octanol–water partition coefficient (Wildman–Crippen LogP) is 2.40. The number of ether oxygens (including phenoxy) is 4. The van der Waals surface area contributed by atoms with Gasteiger partial charge in [0.25, 0.3) is 0 Å². The first-order valence-corrected chi connectivity index (χ1v) is 7.10. The van der Waals surface area contributed by atoms with Crippen molar-refractivity contribution in [3.8, 4) is 17.2 Å². The Morgan fingerprint density at radius 1 is 1.05 bits per heavy atom. The first-order chi connectivity index (χ1) is 9.97. The summed E-state index contributed by atoms with van der Waals surface area (Å²) in [7, 11) is 4.93. The Kier molecular flexibility index (Phi) is 6.78. The van der Waals surface area contributed by atoms with E-state index >= 15 is 0 Å². The molecule has 0 saturated carbocycles. The summed E-state index contributed by atoms with van der Waals surface area (Å²) in [6.07, 6.45) is 1.53. The maximum Gasteiger partial charge on any atom is 0.203 e. The van der Waals surface area contributed by atoms with Gasteiger partial charge in [0.1, 0.15) is 0 Å². The molecular formula is C16H27NO4. The fourth-order valence-electron chi connectivity index (χ4n) is 1.89. The molecule has 0 saturated heterocycles. The largest absolute Gasteiger partial charge is 0.493 e. The van der Waals surface area contributed by atoms with Crippen LogP contribution in [0.1, 0.15) is 25.8 Å². The highest BCUT2D eigenvalue weighted by Gasteiger charge is 2.19. The van der Waals surface area contributed by atoms with Crippen molar-refractivity contribution in [3.63, 3.8) is 0 Å². The summed E-state index contributed by atoms with van der Waals surface area (Å²) in [5, 5.41) is 0. The Morgan fingerprint density at radius 2 is 1.62 bits per heavy atom. The molecule has 0 spiro atoms. The normalized spacial score (nSPS) is 11.3. The van der Waals surface area contributed by atoms with E-state index in [0.717, 1.165) is 18.4 Å². The molecule has 0 fully saturated rings. The highest BCUT2D eigenvalue weighted by Crippen LogP contribution is 2.39. The molecule has 0 heterocycles. The standard InChI is InChI=1S/C16H27NO4/c1-16(2,20-5)7-9-21-15-13(18-3)10-12(6-8-17)11-14(15)19-4/h10-11H,6-9,17H2,1-5H3. The van der Waals surface area contributed by atoms with Gasteiger partial charge in [0.05, 0.1) is 26.4 Å². The van der Waals surface area contributed by atoms with Gasteiger partial charge in [-0.1, -0.05) is 0 Å². The maximum absolute atomic E-state index is 5.86. The van der Waals surface area contributed by atoms with Crippen LogP contribution >= 0.6 is 0 Å². The second kappa shape index (κ2) is 8.10. The van der Waals surface area contributed by atoms with Crippen LogP contribution in [-0.2, 0) is 11.2 Å². The summed E-state index contributed by atoms with van der Waals surface area (Å²) in [6, 6.07) is 3.87. The van der Waals surface area contributed by atoms with Crippen molar-refractivity contribution in [3.05, 3.63) is 17.7 Å². The molecule has 0 atom stereocenters. The Balaban J connectivity index is 2.89. The first kappa shape index (κ1) is 17.6. The maximum atomic E-state index is 5.86. The topological polar surface area (TPSA) is 62.9 Å². The molecule has 1 aromatic rings. The van der Waals surface area contributed by atoms with Crippen LogP contribution in [0.5, 0.6) is 17.2 Å². The van der Waals surface area contributed by atoms with Crippen LogP contribution in [0.4, 0.5) is 0 Å². The molecule has 0 aliphatic heterocycles. The van der Waals surface area contributed by atoms with Gasteiger partial charge in [-0.15, -0.1) is 0 Å². The van der Waals surface area contributed by atoms with Crippen LogP contribution in [0.3, 0.4) is 0 Å². The molecule has 0 amide bonds. The lowest BCUT2D eigenvalue weighted by Crippen LogP contribution is -2.25. The van der Waals surface area contributed by atoms with Crippen molar-refractivity contribution in [1.82, 2.24) is 0 Å². The number of nitrogens with two attached hydrogens (primary N) is 1. The highest BCUT2D eigenvalue weighted by atomic mass is 16.5. The summed E-state index contributed by atoms with van der Waals surface area (Å²) in [6.45, 7) is 5.14. The van der Waals surface area contributed by atoms with Crippen molar-refractivity contribution in [2.24, 2.45) is 5.73 Å². The zero-order chi connectivity index (χ0) is 15.9. The van der Waals surface area contributed by atoms with Gasteiger partial charge in [0, 0.05) is 13.5 Å². The third kappa shape index (κ3) is 5.10. The fourth-order valence-corrected chi connectivity index (χ4v) is 1.89. The van der Waals surface area contributed by atoms with E-state index in [-0.39, 0.29) is 5.60 Å². The minimum atomic E-state index is -0.222. The lowest BCUT2D eigenvalue weighted by atomic mass is 10.1. The summed E-state index contributed by atoms with van der Waals surface area (Å²) in [5.41, 5.74) is 6.44. The van der Waals surface area contributed by atoms with Crippen LogP contribution in [0.2, 0.25) is 0 Å². The molecule has 2 N–H and O–H groups in total. The van der Waals surface area contributed by atoms with E-state index in [1.54, 1.807) is 21.3 Å². The van der Waals surface area contributed by atoms with Gasteiger partial charge in [0.2, 0.25) is 5.75 Å². The summed E-state index contributed by atoms with van der Waals surface area (Å²) >= 11 is 0. The monoisotopic (exact) mass is 297 g/mol. The van der Waals surface area contributed by atoms with Crippen LogP contribution in [0, 0.1) is 0 Å². The number of methoxy groups -OCH3 is 3. The van der Waals surface area contributed by atoms with E-state index in [9.17, 15) is 0 Å². The van der Waals surface area contributed by atoms with Crippen LogP contribution in [-0.4, -0.2) is 40.1 Å². The Bertz CT molecular complexity index is 421. The van der Waals surface area contributed by atoms with E-state index in [0.29, 0.717) is 30.4 Å². The molecule has 0 radical (unpaired) electrons. The summed E-state index contributed by atoms with van der Waals surface area (Å²) in [5.74, 6) is 1.94.